The van der Waals surface area contributed by atoms with Crippen molar-refractivity contribution in [1.82, 2.24) is 5.32 Å². The zero-order valence-corrected chi connectivity index (χ0v) is 13.5. The molecule has 0 bridgehead atoms. The van der Waals surface area contributed by atoms with Crippen LogP contribution >= 0.6 is 23.4 Å². The van der Waals surface area contributed by atoms with Crippen LogP contribution in [-0.2, 0) is 11.2 Å². The molecule has 1 amide bonds. The molecular weight excluding hydrogens is 302 g/mol. The van der Waals surface area contributed by atoms with Crippen LogP contribution in [0, 0.1) is 6.92 Å². The van der Waals surface area contributed by atoms with Gasteiger partial charge >= 0.3 is 0 Å². The summed E-state index contributed by atoms with van der Waals surface area (Å²) in [5.74, 6) is 0.517. The van der Waals surface area contributed by atoms with Gasteiger partial charge in [0.1, 0.15) is 0 Å². The van der Waals surface area contributed by atoms with Crippen molar-refractivity contribution in [1.29, 1.82) is 0 Å². The Labute approximate surface area is 134 Å². The minimum atomic E-state index is 0.0669. The number of carbonyl (C=O) groups is 1. The molecule has 0 atom stereocenters. The standard InChI is InChI=1S/C17H18ClNOS/c1-13-4-2-3-5-16(13)21-12-17(20)19-11-10-14-6-8-15(18)9-7-14/h2-9H,10-12H2,1H3,(H,19,20). The molecule has 2 aromatic rings. The fourth-order valence-electron chi connectivity index (χ4n) is 1.91. The first-order valence-corrected chi connectivity index (χ1v) is 8.21. The summed E-state index contributed by atoms with van der Waals surface area (Å²) < 4.78 is 0. The molecule has 0 fully saturated rings. The minimum absolute atomic E-state index is 0.0669. The monoisotopic (exact) mass is 319 g/mol. The van der Waals surface area contributed by atoms with E-state index in [0.717, 1.165) is 16.3 Å². The van der Waals surface area contributed by atoms with Crippen LogP contribution < -0.4 is 5.32 Å². The van der Waals surface area contributed by atoms with Gasteiger partial charge in [-0.15, -0.1) is 11.8 Å². The summed E-state index contributed by atoms with van der Waals surface area (Å²) in [5, 5.41) is 3.68. The predicted molar refractivity (Wildman–Crippen MR) is 90.1 cm³/mol. The average molecular weight is 320 g/mol. The van der Waals surface area contributed by atoms with Gasteiger partial charge in [-0.1, -0.05) is 41.9 Å². The number of carbonyl (C=O) groups excluding carboxylic acids is 1. The van der Waals surface area contributed by atoms with Crippen LogP contribution in [0.5, 0.6) is 0 Å². The molecule has 2 rings (SSSR count). The van der Waals surface area contributed by atoms with Crippen molar-refractivity contribution in [2.45, 2.75) is 18.2 Å². The molecule has 0 aliphatic rings. The van der Waals surface area contributed by atoms with Crippen molar-refractivity contribution in [3.8, 4) is 0 Å². The van der Waals surface area contributed by atoms with Crippen molar-refractivity contribution in [3.63, 3.8) is 0 Å². The predicted octanol–water partition coefficient (Wildman–Crippen LogP) is 4.10. The van der Waals surface area contributed by atoms with Gasteiger partial charge in [0.2, 0.25) is 5.91 Å². The number of hydrogen-bond donors (Lipinski definition) is 1. The Morgan fingerprint density at radius 1 is 1.14 bits per heavy atom. The summed E-state index contributed by atoms with van der Waals surface area (Å²) in [7, 11) is 0. The molecule has 4 heteroatoms. The van der Waals surface area contributed by atoms with Gasteiger partial charge in [0.25, 0.3) is 0 Å². The zero-order valence-electron chi connectivity index (χ0n) is 11.9. The second-order valence-corrected chi connectivity index (χ2v) is 6.23. The number of rotatable bonds is 6. The van der Waals surface area contributed by atoms with E-state index in [0.29, 0.717) is 12.3 Å². The fraction of sp³-hybridized carbons (Fsp3) is 0.235. The van der Waals surface area contributed by atoms with Gasteiger partial charge in [-0.25, -0.2) is 0 Å². The van der Waals surface area contributed by atoms with E-state index in [-0.39, 0.29) is 5.91 Å². The molecule has 110 valence electrons. The lowest BCUT2D eigenvalue weighted by Crippen LogP contribution is -2.27. The molecule has 0 saturated heterocycles. The lowest BCUT2D eigenvalue weighted by molar-refractivity contribution is -0.118. The van der Waals surface area contributed by atoms with E-state index >= 15 is 0 Å². The number of nitrogens with one attached hydrogen (secondary N) is 1. The number of amides is 1. The Hall–Kier alpha value is -1.45. The van der Waals surface area contributed by atoms with Crippen molar-refractivity contribution >= 4 is 29.3 Å². The minimum Gasteiger partial charge on any atom is -0.355 e. The topological polar surface area (TPSA) is 29.1 Å². The molecule has 0 radical (unpaired) electrons. The quantitative estimate of drug-likeness (QED) is 0.812. The van der Waals surface area contributed by atoms with Gasteiger partial charge in [0.15, 0.2) is 0 Å². The van der Waals surface area contributed by atoms with Crippen LogP contribution in [0.1, 0.15) is 11.1 Å². The third-order valence-electron chi connectivity index (χ3n) is 3.10. The maximum absolute atomic E-state index is 11.8. The van der Waals surface area contributed by atoms with Crippen molar-refractivity contribution in [2.75, 3.05) is 12.3 Å². The number of benzene rings is 2. The highest BCUT2D eigenvalue weighted by Gasteiger charge is 2.04. The summed E-state index contributed by atoms with van der Waals surface area (Å²) >= 11 is 7.41. The Balaban J connectivity index is 1.70. The SMILES string of the molecule is Cc1ccccc1SCC(=O)NCCc1ccc(Cl)cc1. The van der Waals surface area contributed by atoms with Gasteiger partial charge in [-0.2, -0.15) is 0 Å². The van der Waals surface area contributed by atoms with E-state index in [1.807, 2.05) is 42.5 Å². The summed E-state index contributed by atoms with van der Waals surface area (Å²) in [4.78, 5) is 13.0. The van der Waals surface area contributed by atoms with Gasteiger partial charge < -0.3 is 5.32 Å². The van der Waals surface area contributed by atoms with Crippen molar-refractivity contribution in [2.24, 2.45) is 0 Å². The van der Waals surface area contributed by atoms with Gasteiger partial charge in [-0.3, -0.25) is 4.79 Å². The maximum Gasteiger partial charge on any atom is 0.230 e. The van der Waals surface area contributed by atoms with Gasteiger partial charge in [0.05, 0.1) is 5.75 Å². The second kappa shape index (κ2) is 8.11. The Morgan fingerprint density at radius 2 is 1.86 bits per heavy atom. The second-order valence-electron chi connectivity index (χ2n) is 4.78. The summed E-state index contributed by atoms with van der Waals surface area (Å²) in [6, 6.07) is 15.8. The highest BCUT2D eigenvalue weighted by atomic mass is 35.5. The molecule has 0 spiro atoms. The molecule has 2 aromatic carbocycles. The first-order valence-electron chi connectivity index (χ1n) is 6.85. The maximum atomic E-state index is 11.8. The lowest BCUT2D eigenvalue weighted by Gasteiger charge is -2.07. The number of hydrogen-bond acceptors (Lipinski definition) is 2. The zero-order chi connectivity index (χ0) is 15.1. The van der Waals surface area contributed by atoms with Crippen LogP contribution in [0.2, 0.25) is 5.02 Å². The Kier molecular flexibility index (Phi) is 6.15. The van der Waals surface area contributed by atoms with E-state index in [1.54, 1.807) is 11.8 Å². The first kappa shape index (κ1) is 15.9. The molecule has 0 saturated carbocycles. The highest BCUT2D eigenvalue weighted by Crippen LogP contribution is 2.21. The van der Waals surface area contributed by atoms with Crippen molar-refractivity contribution < 1.29 is 4.79 Å². The van der Waals surface area contributed by atoms with E-state index in [2.05, 4.69) is 18.3 Å². The third-order valence-corrected chi connectivity index (χ3v) is 4.53. The first-order chi connectivity index (χ1) is 10.1. The molecule has 21 heavy (non-hydrogen) atoms. The molecule has 0 aromatic heterocycles. The molecular formula is C17H18ClNOS. The number of halogens is 1. The lowest BCUT2D eigenvalue weighted by atomic mass is 10.1. The van der Waals surface area contributed by atoms with Crippen LogP contribution in [0.25, 0.3) is 0 Å². The van der Waals surface area contributed by atoms with Gasteiger partial charge in [-0.05, 0) is 42.7 Å². The Bertz CT molecular complexity index is 598. The number of aryl methyl sites for hydroxylation is 1. The van der Waals surface area contributed by atoms with E-state index in [1.165, 1.54) is 11.1 Å². The molecule has 0 unspecified atom stereocenters. The summed E-state index contributed by atoms with van der Waals surface area (Å²) in [6.45, 7) is 2.70. The molecule has 2 nitrogen and oxygen atoms in total. The third kappa shape index (κ3) is 5.44. The summed E-state index contributed by atoms with van der Waals surface area (Å²) in [5.41, 5.74) is 2.38. The molecule has 1 N–H and O–H groups in total. The van der Waals surface area contributed by atoms with E-state index in [4.69, 9.17) is 11.6 Å². The van der Waals surface area contributed by atoms with Crippen LogP contribution in [-0.4, -0.2) is 18.2 Å². The normalized spacial score (nSPS) is 10.4. The van der Waals surface area contributed by atoms with Gasteiger partial charge in [0, 0.05) is 16.5 Å². The highest BCUT2D eigenvalue weighted by molar-refractivity contribution is 8.00. The van der Waals surface area contributed by atoms with E-state index < -0.39 is 0 Å². The smallest absolute Gasteiger partial charge is 0.230 e. The summed E-state index contributed by atoms with van der Waals surface area (Å²) in [6.07, 6.45) is 0.817. The molecule has 0 heterocycles. The van der Waals surface area contributed by atoms with Crippen molar-refractivity contribution in [3.05, 3.63) is 64.7 Å². The Morgan fingerprint density at radius 3 is 2.57 bits per heavy atom. The van der Waals surface area contributed by atoms with Crippen LogP contribution in [0.4, 0.5) is 0 Å². The van der Waals surface area contributed by atoms with Crippen LogP contribution in [0.15, 0.2) is 53.4 Å². The number of thioether (sulfide) groups is 1. The molecule has 0 aliphatic carbocycles. The van der Waals surface area contributed by atoms with Crippen LogP contribution in [0.3, 0.4) is 0 Å². The average Bonchev–Trinajstić information content (AvgIpc) is 2.48. The largest absolute Gasteiger partial charge is 0.355 e. The fourth-order valence-corrected chi connectivity index (χ4v) is 2.90. The molecule has 0 aliphatic heterocycles. The van der Waals surface area contributed by atoms with E-state index in [9.17, 15) is 4.79 Å².